The average Bonchev–Trinajstić information content (AvgIpc) is 2.55. The number of fused-ring (bicyclic) bond motifs is 1. The Balaban J connectivity index is 1.55. The van der Waals surface area contributed by atoms with Crippen LogP contribution in [0.1, 0.15) is 23.2 Å². The summed E-state index contributed by atoms with van der Waals surface area (Å²) < 4.78 is 40.2. The van der Waals surface area contributed by atoms with Gasteiger partial charge in [0, 0.05) is 12.1 Å². The van der Waals surface area contributed by atoms with Gasteiger partial charge in [0.05, 0.1) is 12.1 Å². The number of amides is 1. The molecule has 0 bridgehead atoms. The molecule has 1 aliphatic carbocycles. The summed E-state index contributed by atoms with van der Waals surface area (Å²) in [5.41, 5.74) is 1.94. The van der Waals surface area contributed by atoms with E-state index in [1.54, 1.807) is 0 Å². The molecule has 6 nitrogen and oxygen atoms in total. The molecule has 1 amide bonds. The summed E-state index contributed by atoms with van der Waals surface area (Å²) in [6.07, 6.45) is -2.82. The SMILES string of the molecule is O=C(Cc1ccc(OC(F)(F)F)cc1)N[C@H]1CCc2n[nH]c(=O)cc2C1. The third-order valence-corrected chi connectivity index (χ3v) is 4.06. The van der Waals surface area contributed by atoms with Gasteiger partial charge in [0.25, 0.3) is 5.56 Å². The van der Waals surface area contributed by atoms with Gasteiger partial charge in [0.15, 0.2) is 0 Å². The van der Waals surface area contributed by atoms with E-state index in [1.165, 1.54) is 30.3 Å². The second kappa shape index (κ2) is 7.19. The van der Waals surface area contributed by atoms with Crippen LogP contribution >= 0.6 is 0 Å². The van der Waals surface area contributed by atoms with E-state index in [1.807, 2.05) is 0 Å². The molecule has 0 spiro atoms. The van der Waals surface area contributed by atoms with E-state index < -0.39 is 6.36 Å². The van der Waals surface area contributed by atoms with Gasteiger partial charge < -0.3 is 10.1 Å². The lowest BCUT2D eigenvalue weighted by Crippen LogP contribution is -2.40. The van der Waals surface area contributed by atoms with Gasteiger partial charge >= 0.3 is 6.36 Å². The van der Waals surface area contributed by atoms with Crippen molar-refractivity contribution in [2.75, 3.05) is 0 Å². The zero-order valence-corrected chi connectivity index (χ0v) is 13.6. The number of aryl methyl sites for hydroxylation is 1. The number of hydrogen-bond donors (Lipinski definition) is 2. The van der Waals surface area contributed by atoms with Crippen molar-refractivity contribution in [2.45, 2.75) is 38.1 Å². The molecule has 138 valence electrons. The largest absolute Gasteiger partial charge is 0.573 e. The average molecular weight is 367 g/mol. The van der Waals surface area contributed by atoms with Crippen LogP contribution in [0.5, 0.6) is 5.75 Å². The van der Waals surface area contributed by atoms with E-state index in [2.05, 4.69) is 20.3 Å². The number of halogens is 3. The van der Waals surface area contributed by atoms with Gasteiger partial charge in [-0.3, -0.25) is 9.59 Å². The molecule has 0 unspecified atom stereocenters. The molecule has 9 heteroatoms. The first-order valence-corrected chi connectivity index (χ1v) is 8.00. The Morgan fingerprint density at radius 2 is 2.04 bits per heavy atom. The first-order chi connectivity index (χ1) is 12.3. The summed E-state index contributed by atoms with van der Waals surface area (Å²) in [7, 11) is 0. The fourth-order valence-electron chi connectivity index (χ4n) is 2.94. The number of carbonyl (C=O) groups excluding carboxylic acids is 1. The zero-order valence-electron chi connectivity index (χ0n) is 13.6. The van der Waals surface area contributed by atoms with Gasteiger partial charge in [-0.25, -0.2) is 5.10 Å². The van der Waals surface area contributed by atoms with E-state index in [-0.39, 0.29) is 29.7 Å². The third-order valence-electron chi connectivity index (χ3n) is 4.06. The van der Waals surface area contributed by atoms with Crippen molar-refractivity contribution >= 4 is 5.91 Å². The fraction of sp³-hybridized carbons (Fsp3) is 0.353. The van der Waals surface area contributed by atoms with E-state index in [4.69, 9.17) is 0 Å². The van der Waals surface area contributed by atoms with E-state index in [9.17, 15) is 22.8 Å². The summed E-state index contributed by atoms with van der Waals surface area (Å²) in [4.78, 5) is 23.5. The minimum atomic E-state index is -4.74. The van der Waals surface area contributed by atoms with E-state index in [0.29, 0.717) is 24.8 Å². The van der Waals surface area contributed by atoms with Crippen LogP contribution in [0.2, 0.25) is 0 Å². The number of ether oxygens (including phenoxy) is 1. The van der Waals surface area contributed by atoms with Crippen molar-refractivity contribution in [1.29, 1.82) is 0 Å². The first kappa shape index (κ1) is 18.0. The monoisotopic (exact) mass is 367 g/mol. The Hall–Kier alpha value is -2.84. The Morgan fingerprint density at radius 1 is 1.31 bits per heavy atom. The van der Waals surface area contributed by atoms with Crippen LogP contribution in [-0.4, -0.2) is 28.5 Å². The Bertz CT molecular complexity index is 847. The summed E-state index contributed by atoms with van der Waals surface area (Å²) in [6.45, 7) is 0. The molecule has 0 fully saturated rings. The lowest BCUT2D eigenvalue weighted by atomic mass is 9.92. The number of hydrogen-bond acceptors (Lipinski definition) is 4. The van der Waals surface area contributed by atoms with Crippen molar-refractivity contribution in [2.24, 2.45) is 0 Å². The predicted molar refractivity (Wildman–Crippen MR) is 85.6 cm³/mol. The second-order valence-corrected chi connectivity index (χ2v) is 6.08. The fourth-order valence-corrected chi connectivity index (χ4v) is 2.94. The van der Waals surface area contributed by atoms with Crippen molar-refractivity contribution < 1.29 is 22.7 Å². The number of benzene rings is 1. The quantitative estimate of drug-likeness (QED) is 0.864. The maximum atomic E-state index is 12.2. The summed E-state index contributed by atoms with van der Waals surface area (Å²) >= 11 is 0. The van der Waals surface area contributed by atoms with Crippen LogP contribution in [0.15, 0.2) is 35.1 Å². The molecule has 1 aromatic heterocycles. The molecule has 1 aliphatic rings. The van der Waals surface area contributed by atoms with Gasteiger partial charge in [-0.2, -0.15) is 5.10 Å². The molecule has 26 heavy (non-hydrogen) atoms. The number of H-pyrrole nitrogens is 1. The highest BCUT2D eigenvalue weighted by Crippen LogP contribution is 2.23. The third kappa shape index (κ3) is 4.84. The van der Waals surface area contributed by atoms with E-state index >= 15 is 0 Å². The van der Waals surface area contributed by atoms with Crippen LogP contribution in [0.4, 0.5) is 13.2 Å². The lowest BCUT2D eigenvalue weighted by Gasteiger charge is -2.24. The van der Waals surface area contributed by atoms with Crippen molar-refractivity contribution in [3.05, 3.63) is 57.5 Å². The zero-order chi connectivity index (χ0) is 18.7. The minimum Gasteiger partial charge on any atom is -0.406 e. The van der Waals surface area contributed by atoms with Crippen LogP contribution < -0.4 is 15.6 Å². The van der Waals surface area contributed by atoms with Gasteiger partial charge in [-0.1, -0.05) is 12.1 Å². The van der Waals surface area contributed by atoms with Gasteiger partial charge in [-0.15, -0.1) is 13.2 Å². The summed E-state index contributed by atoms with van der Waals surface area (Å²) in [5.74, 6) is -0.566. The summed E-state index contributed by atoms with van der Waals surface area (Å²) in [5, 5.41) is 9.27. The molecule has 1 heterocycles. The molecule has 0 radical (unpaired) electrons. The summed E-state index contributed by atoms with van der Waals surface area (Å²) in [6, 6.07) is 6.56. The maximum Gasteiger partial charge on any atom is 0.573 e. The molecular formula is C17H16F3N3O3. The van der Waals surface area contributed by atoms with Crippen LogP contribution in [0, 0.1) is 0 Å². The molecular weight excluding hydrogens is 351 g/mol. The molecule has 0 aliphatic heterocycles. The topological polar surface area (TPSA) is 84.1 Å². The van der Waals surface area contributed by atoms with Gasteiger partial charge in [0.2, 0.25) is 5.91 Å². The molecule has 1 aromatic carbocycles. The number of aromatic nitrogens is 2. The predicted octanol–water partition coefficient (Wildman–Crippen LogP) is 1.88. The molecule has 0 saturated heterocycles. The number of aromatic amines is 1. The standard InChI is InChI=1S/C17H16F3N3O3/c18-17(19,20)26-13-4-1-10(2-5-13)7-15(24)21-12-3-6-14-11(8-12)9-16(25)23-22-14/h1-2,4-5,9,12H,3,6-8H2,(H,21,24)(H,23,25)/t12-/m0/s1. The molecule has 1 atom stereocenters. The maximum absolute atomic E-state index is 12.2. The second-order valence-electron chi connectivity index (χ2n) is 6.08. The smallest absolute Gasteiger partial charge is 0.406 e. The molecule has 3 rings (SSSR count). The number of alkyl halides is 3. The number of nitrogens with zero attached hydrogens (tertiary/aromatic N) is 1. The Morgan fingerprint density at radius 3 is 2.73 bits per heavy atom. The Kier molecular flexibility index (Phi) is 4.97. The Labute approximate surface area is 146 Å². The number of nitrogens with one attached hydrogen (secondary N) is 2. The lowest BCUT2D eigenvalue weighted by molar-refractivity contribution is -0.274. The van der Waals surface area contributed by atoms with Crippen LogP contribution in [0.25, 0.3) is 0 Å². The number of carbonyl (C=O) groups is 1. The van der Waals surface area contributed by atoms with Gasteiger partial charge in [0.1, 0.15) is 5.75 Å². The highest BCUT2D eigenvalue weighted by atomic mass is 19.4. The first-order valence-electron chi connectivity index (χ1n) is 8.00. The van der Waals surface area contributed by atoms with Crippen molar-refractivity contribution in [3.8, 4) is 5.75 Å². The highest BCUT2D eigenvalue weighted by Gasteiger charge is 2.31. The molecule has 0 saturated carbocycles. The highest BCUT2D eigenvalue weighted by molar-refractivity contribution is 5.79. The minimum absolute atomic E-state index is 0.0449. The van der Waals surface area contributed by atoms with Crippen molar-refractivity contribution in [3.63, 3.8) is 0 Å². The van der Waals surface area contributed by atoms with E-state index in [0.717, 1.165) is 11.3 Å². The number of rotatable bonds is 4. The van der Waals surface area contributed by atoms with Crippen molar-refractivity contribution in [1.82, 2.24) is 15.5 Å². The normalized spacial score (nSPS) is 16.7. The molecule has 2 aromatic rings. The molecule has 2 N–H and O–H groups in total. The van der Waals surface area contributed by atoms with Crippen LogP contribution in [-0.2, 0) is 24.1 Å². The van der Waals surface area contributed by atoms with Crippen LogP contribution in [0.3, 0.4) is 0 Å². The van der Waals surface area contributed by atoms with Gasteiger partial charge in [-0.05, 0) is 42.5 Å².